The van der Waals surface area contributed by atoms with Gasteiger partial charge in [-0.1, -0.05) is 0 Å². The van der Waals surface area contributed by atoms with Gasteiger partial charge in [-0.25, -0.2) is 13.2 Å². The summed E-state index contributed by atoms with van der Waals surface area (Å²) in [4.78, 5) is 25.2. The van der Waals surface area contributed by atoms with E-state index in [2.05, 4.69) is 0 Å². The topological polar surface area (TPSA) is 101 Å². The monoisotopic (exact) mass is 388 g/mol. The molecule has 27 heavy (non-hydrogen) atoms. The number of benzene rings is 1. The van der Waals surface area contributed by atoms with E-state index in [1.165, 1.54) is 40.9 Å². The number of hydrogen-bond donors (Lipinski definition) is 0. The van der Waals surface area contributed by atoms with E-state index in [0.29, 0.717) is 11.0 Å². The molecule has 1 aromatic carbocycles. The van der Waals surface area contributed by atoms with Crippen LogP contribution in [0.5, 0.6) is 0 Å². The third-order valence-corrected chi connectivity index (χ3v) is 6.38. The summed E-state index contributed by atoms with van der Waals surface area (Å²) in [5, 5.41) is 0.530. The maximum Gasteiger partial charge on any atom is 0.336 e. The summed E-state index contributed by atoms with van der Waals surface area (Å²) in [6.45, 7) is 0.940. The predicted molar refractivity (Wildman–Crippen MR) is 95.9 cm³/mol. The number of carbonyl (C=O) groups is 1. The highest BCUT2D eigenvalue weighted by atomic mass is 32.2. The molecule has 0 radical (unpaired) electrons. The average molecular weight is 388 g/mol. The van der Waals surface area contributed by atoms with Crippen molar-refractivity contribution in [2.45, 2.75) is 4.90 Å². The number of hydrogen-bond acceptors (Lipinski definition) is 6. The molecule has 0 saturated carbocycles. The Morgan fingerprint density at radius 2 is 1.78 bits per heavy atom. The smallest absolute Gasteiger partial charge is 0.336 e. The summed E-state index contributed by atoms with van der Waals surface area (Å²) in [5.41, 5.74) is -0.161. The maximum atomic E-state index is 12.9. The van der Waals surface area contributed by atoms with E-state index in [1.54, 1.807) is 17.0 Å². The van der Waals surface area contributed by atoms with Crippen LogP contribution in [0.3, 0.4) is 0 Å². The molecule has 4 rings (SSSR count). The third-order valence-electron chi connectivity index (χ3n) is 4.49. The van der Waals surface area contributed by atoms with E-state index < -0.39 is 15.6 Å². The first-order chi connectivity index (χ1) is 12.9. The van der Waals surface area contributed by atoms with Gasteiger partial charge in [-0.05, 0) is 36.4 Å². The Labute approximate surface area is 154 Å². The molecular formula is C18H16N2O6S. The fourth-order valence-electron chi connectivity index (χ4n) is 3.05. The van der Waals surface area contributed by atoms with E-state index in [1.807, 2.05) is 0 Å². The molecule has 0 bridgehead atoms. The van der Waals surface area contributed by atoms with Crippen molar-refractivity contribution >= 4 is 26.9 Å². The second kappa shape index (κ2) is 6.67. The largest absolute Gasteiger partial charge is 0.459 e. The number of carbonyl (C=O) groups excluding carboxylic acids is 1. The Morgan fingerprint density at radius 3 is 2.48 bits per heavy atom. The average Bonchev–Trinajstić information content (AvgIpc) is 3.22. The van der Waals surface area contributed by atoms with Crippen molar-refractivity contribution in [1.82, 2.24) is 9.21 Å². The summed E-state index contributed by atoms with van der Waals surface area (Å²) < 4.78 is 37.3. The van der Waals surface area contributed by atoms with Crippen LogP contribution < -0.4 is 5.63 Å². The van der Waals surface area contributed by atoms with Gasteiger partial charge in [-0.2, -0.15) is 4.31 Å². The van der Waals surface area contributed by atoms with E-state index in [4.69, 9.17) is 8.83 Å². The van der Waals surface area contributed by atoms with Crippen LogP contribution in [-0.4, -0.2) is 49.7 Å². The second-order valence-electron chi connectivity index (χ2n) is 6.13. The Kier molecular flexibility index (Phi) is 4.33. The van der Waals surface area contributed by atoms with Gasteiger partial charge in [-0.3, -0.25) is 4.79 Å². The van der Waals surface area contributed by atoms with Gasteiger partial charge in [0.1, 0.15) is 5.58 Å². The normalized spacial score (nSPS) is 15.9. The fourth-order valence-corrected chi connectivity index (χ4v) is 4.51. The highest BCUT2D eigenvalue weighted by molar-refractivity contribution is 7.89. The van der Waals surface area contributed by atoms with Crippen molar-refractivity contribution in [3.63, 3.8) is 0 Å². The number of rotatable bonds is 3. The van der Waals surface area contributed by atoms with Crippen molar-refractivity contribution in [1.29, 1.82) is 0 Å². The molecule has 1 aliphatic rings. The molecule has 1 saturated heterocycles. The van der Waals surface area contributed by atoms with Crippen LogP contribution in [0.15, 0.2) is 67.3 Å². The van der Waals surface area contributed by atoms with Gasteiger partial charge in [-0.15, -0.1) is 0 Å². The lowest BCUT2D eigenvalue weighted by atomic mass is 10.2. The second-order valence-corrected chi connectivity index (χ2v) is 8.07. The maximum absolute atomic E-state index is 12.9. The zero-order valence-electron chi connectivity index (χ0n) is 14.2. The summed E-state index contributed by atoms with van der Waals surface area (Å²) >= 11 is 0. The van der Waals surface area contributed by atoms with Gasteiger partial charge in [0.05, 0.1) is 11.2 Å². The molecular weight excluding hydrogens is 372 g/mol. The Balaban J connectivity index is 1.52. The van der Waals surface area contributed by atoms with Crippen LogP contribution in [0.1, 0.15) is 10.6 Å². The first-order valence-corrected chi connectivity index (χ1v) is 9.76. The zero-order valence-corrected chi connectivity index (χ0v) is 15.0. The van der Waals surface area contributed by atoms with E-state index in [-0.39, 0.29) is 42.7 Å². The highest BCUT2D eigenvalue weighted by Crippen LogP contribution is 2.22. The quantitative estimate of drug-likeness (QED) is 0.631. The number of amides is 1. The van der Waals surface area contributed by atoms with E-state index >= 15 is 0 Å². The van der Waals surface area contributed by atoms with Crippen molar-refractivity contribution in [3.8, 4) is 0 Å². The Bertz CT molecular complexity index is 1140. The number of nitrogens with zero attached hydrogens (tertiary/aromatic N) is 2. The van der Waals surface area contributed by atoms with Gasteiger partial charge in [0.2, 0.25) is 10.0 Å². The lowest BCUT2D eigenvalue weighted by Crippen LogP contribution is -2.50. The molecule has 0 spiro atoms. The van der Waals surface area contributed by atoms with Gasteiger partial charge < -0.3 is 13.7 Å². The van der Waals surface area contributed by atoms with Crippen molar-refractivity contribution < 1.29 is 22.0 Å². The van der Waals surface area contributed by atoms with Crippen molar-refractivity contribution in [2.75, 3.05) is 26.2 Å². The van der Waals surface area contributed by atoms with Crippen LogP contribution in [0.2, 0.25) is 0 Å². The molecule has 1 amide bonds. The van der Waals surface area contributed by atoms with Gasteiger partial charge >= 0.3 is 5.63 Å². The van der Waals surface area contributed by atoms with Crippen LogP contribution in [0.25, 0.3) is 11.0 Å². The van der Waals surface area contributed by atoms with Crippen LogP contribution in [-0.2, 0) is 10.0 Å². The van der Waals surface area contributed by atoms with Crippen LogP contribution in [0, 0.1) is 0 Å². The molecule has 3 heterocycles. The van der Waals surface area contributed by atoms with E-state index in [9.17, 15) is 18.0 Å². The number of furan rings is 1. The first-order valence-electron chi connectivity index (χ1n) is 8.32. The molecule has 0 N–H and O–H groups in total. The highest BCUT2D eigenvalue weighted by Gasteiger charge is 2.31. The molecule has 140 valence electrons. The molecule has 2 aromatic heterocycles. The number of fused-ring (bicyclic) bond motifs is 1. The third kappa shape index (κ3) is 3.26. The molecule has 1 fully saturated rings. The SMILES string of the molecule is O=C(c1ccco1)N1CCN(S(=O)(=O)c2ccc3oc(=O)ccc3c2)CC1. The summed E-state index contributed by atoms with van der Waals surface area (Å²) in [6.07, 6.45) is 1.43. The fraction of sp³-hybridized carbons (Fsp3) is 0.222. The minimum absolute atomic E-state index is 0.120. The standard InChI is InChI=1S/C18H16N2O6S/c21-17-6-3-13-12-14(4-5-15(13)26-17)27(23,24)20-9-7-19(8-10-20)18(22)16-2-1-11-25-16/h1-6,11-12H,7-10H2. The van der Waals surface area contributed by atoms with Gasteiger partial charge in [0.15, 0.2) is 5.76 Å². The van der Waals surface area contributed by atoms with E-state index in [0.717, 1.165) is 0 Å². The molecule has 9 heteroatoms. The van der Waals surface area contributed by atoms with Crippen molar-refractivity contribution in [3.05, 3.63) is 64.9 Å². The van der Waals surface area contributed by atoms with Gasteiger partial charge in [0, 0.05) is 37.6 Å². The Hall–Kier alpha value is -2.91. The molecule has 0 atom stereocenters. The van der Waals surface area contributed by atoms with Crippen molar-refractivity contribution in [2.24, 2.45) is 0 Å². The first kappa shape index (κ1) is 17.5. The van der Waals surface area contributed by atoms with Crippen LogP contribution in [0.4, 0.5) is 0 Å². The zero-order chi connectivity index (χ0) is 19.0. The number of sulfonamides is 1. The molecule has 3 aromatic rings. The minimum Gasteiger partial charge on any atom is -0.459 e. The summed E-state index contributed by atoms with van der Waals surface area (Å²) in [7, 11) is -3.71. The van der Waals surface area contributed by atoms with Crippen LogP contribution >= 0.6 is 0 Å². The molecule has 0 unspecified atom stereocenters. The Morgan fingerprint density at radius 1 is 1.00 bits per heavy atom. The lowest BCUT2D eigenvalue weighted by molar-refractivity contribution is 0.0666. The summed E-state index contributed by atoms with van der Waals surface area (Å²) in [6, 6.07) is 10.4. The van der Waals surface area contributed by atoms with Gasteiger partial charge in [0.25, 0.3) is 5.91 Å². The molecule has 1 aliphatic heterocycles. The molecule has 0 aliphatic carbocycles. The summed E-state index contributed by atoms with van der Waals surface area (Å²) in [5.74, 6) is -0.0138. The predicted octanol–water partition coefficient (Wildman–Crippen LogP) is 1.53. The lowest BCUT2D eigenvalue weighted by Gasteiger charge is -2.33. The number of piperazine rings is 1. The molecule has 8 nitrogen and oxygen atoms in total. The minimum atomic E-state index is -3.71.